The van der Waals surface area contributed by atoms with Gasteiger partial charge in [-0.1, -0.05) is 30.3 Å². The first-order chi connectivity index (χ1) is 9.86. The fourth-order valence-electron chi connectivity index (χ4n) is 3.19. The van der Waals surface area contributed by atoms with Crippen molar-refractivity contribution in [2.75, 3.05) is 33.4 Å². The molecule has 2 atom stereocenters. The highest BCUT2D eigenvalue weighted by molar-refractivity contribution is 5.21. The minimum atomic E-state index is 0.523. The summed E-state index contributed by atoms with van der Waals surface area (Å²) in [6.45, 7) is 4.27. The van der Waals surface area contributed by atoms with Crippen molar-refractivity contribution >= 4 is 0 Å². The van der Waals surface area contributed by atoms with Gasteiger partial charge in [0, 0.05) is 32.3 Å². The van der Waals surface area contributed by atoms with Crippen LogP contribution in [0.3, 0.4) is 0 Å². The number of rotatable bonds is 7. The largest absolute Gasteiger partial charge is 0.383 e. The third-order valence-electron chi connectivity index (χ3n) is 4.59. The average Bonchev–Trinajstić information content (AvgIpc) is 3.19. The van der Waals surface area contributed by atoms with Crippen molar-refractivity contribution in [3.63, 3.8) is 0 Å². The number of ether oxygens (including phenoxy) is 1. The van der Waals surface area contributed by atoms with E-state index in [4.69, 9.17) is 4.74 Å². The van der Waals surface area contributed by atoms with E-state index in [1.807, 2.05) is 7.11 Å². The zero-order valence-electron chi connectivity index (χ0n) is 12.4. The summed E-state index contributed by atoms with van der Waals surface area (Å²) in [6.07, 6.45) is 3.98. The van der Waals surface area contributed by atoms with E-state index < -0.39 is 0 Å². The first kappa shape index (κ1) is 14.1. The predicted octanol–water partition coefficient (Wildman–Crippen LogP) is 2.24. The second-order valence-electron chi connectivity index (χ2n) is 6.18. The second-order valence-corrected chi connectivity index (χ2v) is 6.18. The predicted molar refractivity (Wildman–Crippen MR) is 82.1 cm³/mol. The molecule has 2 fully saturated rings. The fraction of sp³-hybridized carbons (Fsp3) is 0.647. The molecule has 3 rings (SSSR count). The zero-order valence-corrected chi connectivity index (χ0v) is 12.4. The molecule has 1 N–H and O–H groups in total. The minimum Gasteiger partial charge on any atom is -0.383 e. The van der Waals surface area contributed by atoms with Crippen LogP contribution < -0.4 is 5.32 Å². The lowest BCUT2D eigenvalue weighted by atomic mass is 9.99. The normalized spacial score (nSPS) is 24.9. The summed E-state index contributed by atoms with van der Waals surface area (Å²) in [5.41, 5.74) is 1.49. The van der Waals surface area contributed by atoms with Gasteiger partial charge in [0.15, 0.2) is 0 Å². The summed E-state index contributed by atoms with van der Waals surface area (Å²) in [5.74, 6) is 0.691. The van der Waals surface area contributed by atoms with E-state index in [0.29, 0.717) is 12.0 Å². The summed E-state index contributed by atoms with van der Waals surface area (Å²) in [6, 6.07) is 12.2. The number of benzene rings is 1. The average molecular weight is 274 g/mol. The Bertz CT molecular complexity index is 405. The molecule has 1 aliphatic heterocycles. The fourth-order valence-corrected chi connectivity index (χ4v) is 3.19. The van der Waals surface area contributed by atoms with Gasteiger partial charge in [0.1, 0.15) is 0 Å². The van der Waals surface area contributed by atoms with Crippen LogP contribution in [0.25, 0.3) is 0 Å². The number of hydrogen-bond acceptors (Lipinski definition) is 3. The first-order valence-electron chi connectivity index (χ1n) is 7.88. The van der Waals surface area contributed by atoms with E-state index in [9.17, 15) is 0 Å². The molecule has 2 unspecified atom stereocenters. The Morgan fingerprint density at radius 1 is 1.25 bits per heavy atom. The van der Waals surface area contributed by atoms with Crippen molar-refractivity contribution in [2.24, 2.45) is 0 Å². The van der Waals surface area contributed by atoms with Gasteiger partial charge in [0.25, 0.3) is 0 Å². The number of methoxy groups -OCH3 is 1. The molecule has 3 nitrogen and oxygen atoms in total. The van der Waals surface area contributed by atoms with Crippen molar-refractivity contribution in [1.82, 2.24) is 10.2 Å². The third kappa shape index (κ3) is 3.60. The maximum atomic E-state index is 5.43. The molecule has 3 heteroatoms. The molecule has 0 amide bonds. The Hall–Kier alpha value is -0.900. The molecule has 110 valence electrons. The van der Waals surface area contributed by atoms with E-state index in [1.54, 1.807) is 0 Å². The van der Waals surface area contributed by atoms with Crippen molar-refractivity contribution in [1.29, 1.82) is 0 Å². The molecule has 1 aliphatic carbocycles. The van der Waals surface area contributed by atoms with Gasteiger partial charge in [-0.25, -0.2) is 0 Å². The first-order valence-corrected chi connectivity index (χ1v) is 7.88. The van der Waals surface area contributed by atoms with Crippen LogP contribution in [-0.2, 0) is 4.74 Å². The van der Waals surface area contributed by atoms with Gasteiger partial charge in [-0.2, -0.15) is 0 Å². The Kier molecular flexibility index (Phi) is 4.71. The number of likely N-dealkylation sites (tertiary alicyclic amines) is 1. The molecule has 1 aromatic carbocycles. The van der Waals surface area contributed by atoms with Crippen LogP contribution in [0.2, 0.25) is 0 Å². The van der Waals surface area contributed by atoms with Crippen LogP contribution in [0, 0.1) is 0 Å². The Morgan fingerprint density at radius 2 is 2.05 bits per heavy atom. The summed E-state index contributed by atoms with van der Waals surface area (Å²) in [7, 11) is 1.81. The number of nitrogens with zero attached hydrogens (tertiary/aromatic N) is 1. The van der Waals surface area contributed by atoms with Gasteiger partial charge in [-0.05, 0) is 37.3 Å². The van der Waals surface area contributed by atoms with Crippen LogP contribution >= 0.6 is 0 Å². The van der Waals surface area contributed by atoms with Crippen LogP contribution in [0.4, 0.5) is 0 Å². The van der Waals surface area contributed by atoms with E-state index in [2.05, 4.69) is 40.5 Å². The molecule has 0 radical (unpaired) electrons. The van der Waals surface area contributed by atoms with Crippen LogP contribution in [-0.4, -0.2) is 50.3 Å². The van der Waals surface area contributed by atoms with Gasteiger partial charge >= 0.3 is 0 Å². The van der Waals surface area contributed by atoms with Gasteiger partial charge in [-0.3, -0.25) is 4.90 Å². The number of hydrogen-bond donors (Lipinski definition) is 1. The highest BCUT2D eigenvalue weighted by Crippen LogP contribution is 2.28. The molecule has 1 saturated heterocycles. The highest BCUT2D eigenvalue weighted by Gasteiger charge is 2.30. The maximum Gasteiger partial charge on any atom is 0.0630 e. The molecular weight excluding hydrogens is 248 g/mol. The molecule has 1 saturated carbocycles. The molecule has 1 heterocycles. The summed E-state index contributed by atoms with van der Waals surface area (Å²) < 4.78 is 5.43. The molecule has 20 heavy (non-hydrogen) atoms. The molecule has 0 aromatic heterocycles. The summed E-state index contributed by atoms with van der Waals surface area (Å²) >= 11 is 0. The van der Waals surface area contributed by atoms with Crippen LogP contribution in [0.5, 0.6) is 0 Å². The van der Waals surface area contributed by atoms with Crippen molar-refractivity contribution in [2.45, 2.75) is 37.3 Å². The minimum absolute atomic E-state index is 0.523. The Morgan fingerprint density at radius 3 is 2.75 bits per heavy atom. The standard InChI is InChI=1S/C17H26N2O/c1-20-13-17(11-18-16-7-8-16)19-10-9-15(12-19)14-5-3-2-4-6-14/h2-6,15-18H,7-13H2,1H3. The van der Waals surface area contributed by atoms with Gasteiger partial charge in [0.2, 0.25) is 0 Å². The second kappa shape index (κ2) is 6.70. The summed E-state index contributed by atoms with van der Waals surface area (Å²) in [4.78, 5) is 2.61. The van der Waals surface area contributed by atoms with Crippen molar-refractivity contribution in [3.05, 3.63) is 35.9 Å². The van der Waals surface area contributed by atoms with E-state index in [-0.39, 0.29) is 0 Å². The monoisotopic (exact) mass is 274 g/mol. The summed E-state index contributed by atoms with van der Waals surface area (Å²) in [5, 5.41) is 3.65. The van der Waals surface area contributed by atoms with Crippen LogP contribution in [0.1, 0.15) is 30.7 Å². The molecule has 0 bridgehead atoms. The molecule has 2 aliphatic rings. The van der Waals surface area contributed by atoms with E-state index in [0.717, 1.165) is 19.2 Å². The molecular formula is C17H26N2O. The van der Waals surface area contributed by atoms with Crippen LogP contribution in [0.15, 0.2) is 30.3 Å². The third-order valence-corrected chi connectivity index (χ3v) is 4.59. The Balaban J connectivity index is 1.55. The Labute approximate surface area is 122 Å². The topological polar surface area (TPSA) is 24.5 Å². The lowest BCUT2D eigenvalue weighted by Crippen LogP contribution is -2.44. The van der Waals surface area contributed by atoms with Gasteiger partial charge in [0.05, 0.1) is 6.61 Å². The van der Waals surface area contributed by atoms with E-state index in [1.165, 1.54) is 37.9 Å². The SMILES string of the molecule is COCC(CNC1CC1)N1CCC(c2ccccc2)C1. The zero-order chi connectivity index (χ0) is 13.8. The lowest BCUT2D eigenvalue weighted by molar-refractivity contribution is 0.103. The van der Waals surface area contributed by atoms with E-state index >= 15 is 0 Å². The molecule has 0 spiro atoms. The quantitative estimate of drug-likeness (QED) is 0.825. The number of nitrogens with one attached hydrogen (secondary N) is 1. The highest BCUT2D eigenvalue weighted by atomic mass is 16.5. The van der Waals surface area contributed by atoms with Crippen molar-refractivity contribution in [3.8, 4) is 0 Å². The smallest absolute Gasteiger partial charge is 0.0630 e. The van der Waals surface area contributed by atoms with Gasteiger partial charge in [-0.15, -0.1) is 0 Å². The molecule has 1 aromatic rings. The van der Waals surface area contributed by atoms with Gasteiger partial charge < -0.3 is 10.1 Å². The lowest BCUT2D eigenvalue weighted by Gasteiger charge is -2.27. The van der Waals surface area contributed by atoms with Crippen molar-refractivity contribution < 1.29 is 4.74 Å². The maximum absolute atomic E-state index is 5.43.